The topological polar surface area (TPSA) is 65.9 Å². The summed E-state index contributed by atoms with van der Waals surface area (Å²) in [5, 5.41) is 16.5. The summed E-state index contributed by atoms with van der Waals surface area (Å²) in [4.78, 5) is 4.62. The predicted octanol–water partition coefficient (Wildman–Crippen LogP) is 3.06. The highest BCUT2D eigenvalue weighted by molar-refractivity contribution is 14.0. The maximum atomic E-state index is 9.88. The molecule has 6 heteroatoms. The van der Waals surface area contributed by atoms with Crippen LogP contribution in [-0.2, 0) is 4.74 Å². The minimum Gasteiger partial charge on any atom is -0.393 e. The molecule has 2 saturated carbocycles. The van der Waals surface area contributed by atoms with E-state index in [0.29, 0.717) is 18.6 Å². The van der Waals surface area contributed by atoms with E-state index in [-0.39, 0.29) is 30.1 Å². The average molecular weight is 453 g/mol. The minimum absolute atomic E-state index is 0. The highest BCUT2D eigenvalue weighted by atomic mass is 127. The van der Waals surface area contributed by atoms with Gasteiger partial charge in [-0.05, 0) is 32.6 Å². The third kappa shape index (κ3) is 8.34. The second kappa shape index (κ2) is 13.2. The summed E-state index contributed by atoms with van der Waals surface area (Å²) in [6.45, 7) is 5.16. The van der Waals surface area contributed by atoms with E-state index in [1.807, 2.05) is 0 Å². The molecule has 0 saturated heterocycles. The standard InChI is InChI=1S/C18H35N3O2.HI/c1-2-19-18(21-14-15-8-7-11-17(15)22)20-12-13-23-16-9-5-3-4-6-10-16;/h15-17,22H,2-14H2,1H3,(H2,19,20,21);1H. The van der Waals surface area contributed by atoms with Gasteiger partial charge in [0, 0.05) is 25.6 Å². The lowest BCUT2D eigenvalue weighted by Crippen LogP contribution is -2.39. The molecule has 142 valence electrons. The molecule has 24 heavy (non-hydrogen) atoms. The molecular formula is C18H36IN3O2. The lowest BCUT2D eigenvalue weighted by Gasteiger charge is -2.17. The van der Waals surface area contributed by atoms with E-state index in [1.54, 1.807) is 0 Å². The van der Waals surface area contributed by atoms with Crippen LogP contribution in [0.15, 0.2) is 4.99 Å². The van der Waals surface area contributed by atoms with E-state index in [0.717, 1.165) is 44.9 Å². The molecule has 0 radical (unpaired) electrons. The second-order valence-corrected chi connectivity index (χ2v) is 6.89. The normalized spacial score (nSPS) is 25.8. The van der Waals surface area contributed by atoms with Crippen LogP contribution in [0.2, 0.25) is 0 Å². The molecular weight excluding hydrogens is 417 g/mol. The smallest absolute Gasteiger partial charge is 0.191 e. The fraction of sp³-hybridized carbons (Fsp3) is 0.944. The Morgan fingerprint density at radius 1 is 1.04 bits per heavy atom. The van der Waals surface area contributed by atoms with Gasteiger partial charge in [-0.2, -0.15) is 0 Å². The van der Waals surface area contributed by atoms with Crippen LogP contribution in [0.5, 0.6) is 0 Å². The van der Waals surface area contributed by atoms with E-state index in [4.69, 9.17) is 4.74 Å². The average Bonchev–Trinajstić information content (AvgIpc) is 2.80. The number of ether oxygens (including phenoxy) is 1. The summed E-state index contributed by atoms with van der Waals surface area (Å²) in [6, 6.07) is 0. The van der Waals surface area contributed by atoms with E-state index >= 15 is 0 Å². The molecule has 0 aliphatic heterocycles. The van der Waals surface area contributed by atoms with Crippen molar-refractivity contribution in [3.05, 3.63) is 0 Å². The van der Waals surface area contributed by atoms with Crippen LogP contribution < -0.4 is 10.6 Å². The molecule has 2 fully saturated rings. The van der Waals surface area contributed by atoms with E-state index in [1.165, 1.54) is 38.5 Å². The first-order valence-corrected chi connectivity index (χ1v) is 9.61. The van der Waals surface area contributed by atoms with E-state index in [9.17, 15) is 5.11 Å². The Bertz CT molecular complexity index is 347. The Morgan fingerprint density at radius 2 is 1.79 bits per heavy atom. The lowest BCUT2D eigenvalue weighted by atomic mass is 10.1. The molecule has 2 aliphatic rings. The zero-order valence-corrected chi connectivity index (χ0v) is 17.5. The summed E-state index contributed by atoms with van der Waals surface area (Å²) in [5.41, 5.74) is 0. The number of rotatable bonds is 7. The molecule has 5 nitrogen and oxygen atoms in total. The van der Waals surface area contributed by atoms with Crippen molar-refractivity contribution in [2.45, 2.75) is 76.9 Å². The molecule has 0 amide bonds. The number of aliphatic hydroxyl groups is 1. The van der Waals surface area contributed by atoms with Gasteiger partial charge < -0.3 is 20.5 Å². The number of aliphatic imine (C=N–C) groups is 1. The van der Waals surface area contributed by atoms with Gasteiger partial charge in [-0.15, -0.1) is 24.0 Å². The Labute approximate surface area is 164 Å². The zero-order valence-electron chi connectivity index (χ0n) is 15.1. The minimum atomic E-state index is -0.166. The van der Waals surface area contributed by atoms with Crippen LogP contribution in [0.3, 0.4) is 0 Å². The third-order valence-electron chi connectivity index (χ3n) is 5.00. The molecule has 2 unspecified atom stereocenters. The largest absolute Gasteiger partial charge is 0.393 e. The predicted molar refractivity (Wildman–Crippen MR) is 110 cm³/mol. The SMILES string of the molecule is CCNC(=NCC1CCCC1O)NCCOC1CCCCCC1.I. The van der Waals surface area contributed by atoms with Crippen LogP contribution in [0.1, 0.15) is 64.7 Å². The van der Waals surface area contributed by atoms with Gasteiger partial charge in [-0.25, -0.2) is 0 Å². The molecule has 0 aromatic rings. The van der Waals surface area contributed by atoms with Crippen LogP contribution in [0, 0.1) is 5.92 Å². The van der Waals surface area contributed by atoms with Crippen molar-refractivity contribution >= 4 is 29.9 Å². The number of halogens is 1. The van der Waals surface area contributed by atoms with Crippen molar-refractivity contribution in [1.29, 1.82) is 0 Å². The number of hydrogen-bond acceptors (Lipinski definition) is 3. The molecule has 0 heterocycles. The molecule has 3 N–H and O–H groups in total. The molecule has 0 aromatic heterocycles. The van der Waals surface area contributed by atoms with Gasteiger partial charge in [0.2, 0.25) is 0 Å². The number of hydrogen-bond donors (Lipinski definition) is 3. The number of nitrogens with one attached hydrogen (secondary N) is 2. The summed E-state index contributed by atoms with van der Waals surface area (Å²) in [7, 11) is 0. The number of nitrogens with zero attached hydrogens (tertiary/aromatic N) is 1. The van der Waals surface area contributed by atoms with Gasteiger partial charge in [-0.3, -0.25) is 4.99 Å². The molecule has 2 atom stereocenters. The summed E-state index contributed by atoms with van der Waals surface area (Å²) >= 11 is 0. The van der Waals surface area contributed by atoms with Gasteiger partial charge in [0.15, 0.2) is 5.96 Å². The van der Waals surface area contributed by atoms with Crippen LogP contribution in [0.25, 0.3) is 0 Å². The van der Waals surface area contributed by atoms with Gasteiger partial charge >= 0.3 is 0 Å². The number of guanidine groups is 1. The summed E-state index contributed by atoms with van der Waals surface area (Å²) in [6.07, 6.45) is 11.2. The van der Waals surface area contributed by atoms with Gasteiger partial charge in [0.25, 0.3) is 0 Å². The lowest BCUT2D eigenvalue weighted by molar-refractivity contribution is 0.0468. The second-order valence-electron chi connectivity index (χ2n) is 6.89. The monoisotopic (exact) mass is 453 g/mol. The van der Waals surface area contributed by atoms with Crippen molar-refractivity contribution in [3.63, 3.8) is 0 Å². The van der Waals surface area contributed by atoms with Crippen LogP contribution in [0.4, 0.5) is 0 Å². The molecule has 2 aliphatic carbocycles. The Balaban J connectivity index is 0.00000288. The highest BCUT2D eigenvalue weighted by Crippen LogP contribution is 2.25. The van der Waals surface area contributed by atoms with Gasteiger partial charge in [-0.1, -0.05) is 32.1 Å². The fourth-order valence-electron chi connectivity index (χ4n) is 3.58. The molecule has 0 aromatic carbocycles. The van der Waals surface area contributed by atoms with E-state index in [2.05, 4.69) is 22.5 Å². The number of aliphatic hydroxyl groups excluding tert-OH is 1. The maximum absolute atomic E-state index is 9.88. The summed E-state index contributed by atoms with van der Waals surface area (Å²) in [5.74, 6) is 1.17. The summed E-state index contributed by atoms with van der Waals surface area (Å²) < 4.78 is 6.00. The Morgan fingerprint density at radius 3 is 2.42 bits per heavy atom. The van der Waals surface area contributed by atoms with E-state index < -0.39 is 0 Å². The van der Waals surface area contributed by atoms with Gasteiger partial charge in [0.1, 0.15) is 0 Å². The first kappa shape index (κ1) is 22.0. The van der Waals surface area contributed by atoms with Crippen molar-refractivity contribution in [1.82, 2.24) is 10.6 Å². The van der Waals surface area contributed by atoms with Crippen molar-refractivity contribution in [2.75, 3.05) is 26.2 Å². The first-order valence-electron chi connectivity index (χ1n) is 9.61. The third-order valence-corrected chi connectivity index (χ3v) is 5.00. The Kier molecular flexibility index (Phi) is 12.0. The van der Waals surface area contributed by atoms with Crippen molar-refractivity contribution in [3.8, 4) is 0 Å². The van der Waals surface area contributed by atoms with Crippen molar-refractivity contribution in [2.24, 2.45) is 10.9 Å². The highest BCUT2D eigenvalue weighted by Gasteiger charge is 2.24. The maximum Gasteiger partial charge on any atom is 0.191 e. The zero-order chi connectivity index (χ0) is 16.3. The van der Waals surface area contributed by atoms with Crippen LogP contribution >= 0.6 is 24.0 Å². The fourth-order valence-corrected chi connectivity index (χ4v) is 3.58. The Hall–Kier alpha value is -0.0800. The van der Waals surface area contributed by atoms with Gasteiger partial charge in [0.05, 0.1) is 18.8 Å². The molecule has 2 rings (SSSR count). The van der Waals surface area contributed by atoms with Crippen LogP contribution in [-0.4, -0.2) is 49.5 Å². The quantitative estimate of drug-likeness (QED) is 0.182. The first-order chi connectivity index (χ1) is 11.3. The van der Waals surface area contributed by atoms with Crippen molar-refractivity contribution < 1.29 is 9.84 Å². The molecule has 0 bridgehead atoms. The molecule has 0 spiro atoms.